The predicted molar refractivity (Wildman–Crippen MR) is 95.9 cm³/mol. The highest BCUT2D eigenvalue weighted by atomic mass is 19.2. The average Bonchev–Trinajstić information content (AvgIpc) is 2.62. The molecule has 2 rings (SSSR count). The van der Waals surface area contributed by atoms with Crippen molar-refractivity contribution < 1.29 is 13.5 Å². The summed E-state index contributed by atoms with van der Waals surface area (Å²) in [5.74, 6) is -0.742. The standard InChI is InChI=1S/C21H26F2O/c1-5-19(24-4)21(23)20(22)15(3)16-10-12-18(13-11-16)17-8-6-14(2)7-9-17/h5,10-14,17H,3,6-9H2,1-2,4H3/b19-5+,21-20-. The fourth-order valence-electron chi connectivity index (χ4n) is 3.25. The Balaban J connectivity index is 2.15. The zero-order valence-electron chi connectivity index (χ0n) is 14.7. The molecule has 0 spiro atoms. The van der Waals surface area contributed by atoms with E-state index in [0.717, 1.165) is 5.92 Å². The number of benzene rings is 1. The summed E-state index contributed by atoms with van der Waals surface area (Å²) in [6.07, 6.45) is 6.29. The molecule has 0 aliphatic heterocycles. The molecule has 1 aliphatic rings. The van der Waals surface area contributed by atoms with E-state index in [2.05, 4.69) is 13.5 Å². The van der Waals surface area contributed by atoms with Gasteiger partial charge in [0.25, 0.3) is 0 Å². The molecule has 130 valence electrons. The summed E-state index contributed by atoms with van der Waals surface area (Å²) >= 11 is 0. The number of methoxy groups -OCH3 is 1. The molecule has 1 saturated carbocycles. The van der Waals surface area contributed by atoms with Crippen LogP contribution in [0.2, 0.25) is 0 Å². The Morgan fingerprint density at radius 2 is 1.67 bits per heavy atom. The summed E-state index contributed by atoms with van der Waals surface area (Å²) < 4.78 is 33.2. The zero-order valence-corrected chi connectivity index (χ0v) is 14.7. The summed E-state index contributed by atoms with van der Waals surface area (Å²) in [5.41, 5.74) is 1.89. The van der Waals surface area contributed by atoms with Crippen molar-refractivity contribution in [3.63, 3.8) is 0 Å². The molecule has 0 N–H and O–H groups in total. The molecule has 0 radical (unpaired) electrons. The van der Waals surface area contributed by atoms with Crippen molar-refractivity contribution in [1.82, 2.24) is 0 Å². The van der Waals surface area contributed by atoms with Crippen molar-refractivity contribution >= 4 is 5.57 Å². The van der Waals surface area contributed by atoms with E-state index < -0.39 is 11.7 Å². The molecule has 3 heteroatoms. The van der Waals surface area contributed by atoms with Crippen LogP contribution in [-0.4, -0.2) is 7.11 Å². The number of halogens is 2. The molecule has 0 bridgehead atoms. The molecule has 1 fully saturated rings. The molecule has 0 heterocycles. The van der Waals surface area contributed by atoms with Crippen LogP contribution < -0.4 is 0 Å². The number of rotatable bonds is 5. The second-order valence-electron chi connectivity index (χ2n) is 6.54. The number of hydrogen-bond donors (Lipinski definition) is 0. The lowest BCUT2D eigenvalue weighted by atomic mass is 9.79. The van der Waals surface area contributed by atoms with Crippen molar-refractivity contribution in [1.29, 1.82) is 0 Å². The number of hydrogen-bond acceptors (Lipinski definition) is 1. The van der Waals surface area contributed by atoms with Gasteiger partial charge in [0.1, 0.15) is 0 Å². The van der Waals surface area contributed by atoms with E-state index >= 15 is 0 Å². The minimum absolute atomic E-state index is 0.0349. The molecular formula is C21H26F2O. The molecule has 1 nitrogen and oxygen atoms in total. The van der Waals surface area contributed by atoms with Crippen LogP contribution in [0.3, 0.4) is 0 Å². The van der Waals surface area contributed by atoms with Gasteiger partial charge in [0.15, 0.2) is 11.6 Å². The molecule has 0 atom stereocenters. The second-order valence-corrected chi connectivity index (χ2v) is 6.54. The lowest BCUT2D eigenvalue weighted by molar-refractivity contribution is 0.278. The van der Waals surface area contributed by atoms with Gasteiger partial charge in [0, 0.05) is 5.57 Å². The van der Waals surface area contributed by atoms with E-state index in [1.54, 1.807) is 6.92 Å². The third-order valence-electron chi connectivity index (χ3n) is 4.90. The second kappa shape index (κ2) is 8.27. The van der Waals surface area contributed by atoms with Gasteiger partial charge in [-0.25, -0.2) is 4.39 Å². The molecule has 0 saturated heterocycles. The largest absolute Gasteiger partial charge is 0.494 e. The molecule has 1 aromatic rings. The Kier molecular flexibility index (Phi) is 6.36. The van der Waals surface area contributed by atoms with E-state index in [0.29, 0.717) is 11.5 Å². The predicted octanol–water partition coefficient (Wildman–Crippen LogP) is 6.69. The first-order chi connectivity index (χ1) is 11.5. The molecule has 1 aliphatic carbocycles. The highest BCUT2D eigenvalue weighted by molar-refractivity contribution is 5.76. The highest BCUT2D eigenvalue weighted by Crippen LogP contribution is 2.36. The fraction of sp³-hybridized carbons (Fsp3) is 0.429. The molecule has 1 aromatic carbocycles. The first-order valence-corrected chi connectivity index (χ1v) is 8.53. The van der Waals surface area contributed by atoms with Crippen molar-refractivity contribution in [2.45, 2.75) is 45.4 Å². The van der Waals surface area contributed by atoms with Crippen molar-refractivity contribution in [3.8, 4) is 0 Å². The topological polar surface area (TPSA) is 9.23 Å². The quantitative estimate of drug-likeness (QED) is 0.431. The van der Waals surface area contributed by atoms with Gasteiger partial charge in [-0.05, 0) is 48.8 Å². The maximum Gasteiger partial charge on any atom is 0.200 e. The minimum atomic E-state index is -1.02. The van der Waals surface area contributed by atoms with Gasteiger partial charge in [-0.1, -0.05) is 50.6 Å². The van der Waals surface area contributed by atoms with Crippen molar-refractivity contribution in [2.75, 3.05) is 7.11 Å². The Hall–Kier alpha value is -1.90. The van der Waals surface area contributed by atoms with Gasteiger partial charge in [0.2, 0.25) is 5.83 Å². The van der Waals surface area contributed by atoms with Gasteiger partial charge in [-0.2, -0.15) is 4.39 Å². The summed E-state index contributed by atoms with van der Waals surface area (Å²) in [6.45, 7) is 7.58. The summed E-state index contributed by atoms with van der Waals surface area (Å²) in [6, 6.07) is 7.67. The highest BCUT2D eigenvalue weighted by Gasteiger charge is 2.20. The average molecular weight is 332 g/mol. The molecule has 0 aromatic heterocycles. The van der Waals surface area contributed by atoms with E-state index in [1.165, 1.54) is 44.4 Å². The van der Waals surface area contributed by atoms with Crippen LogP contribution in [0.5, 0.6) is 0 Å². The van der Waals surface area contributed by atoms with Crippen molar-refractivity contribution in [3.05, 3.63) is 65.5 Å². The molecule has 24 heavy (non-hydrogen) atoms. The number of allylic oxidation sites excluding steroid dienone is 4. The first kappa shape index (κ1) is 18.4. The van der Waals surface area contributed by atoms with Crippen LogP contribution in [0.25, 0.3) is 5.57 Å². The van der Waals surface area contributed by atoms with Crippen LogP contribution in [-0.2, 0) is 4.74 Å². The van der Waals surface area contributed by atoms with Crippen LogP contribution in [0, 0.1) is 5.92 Å². The van der Waals surface area contributed by atoms with Gasteiger partial charge in [0.05, 0.1) is 7.11 Å². The SMILES string of the molecule is C=C(/C(F)=C(F)\C(=C/C)OC)c1ccc(C2CCC(C)CC2)cc1. The Morgan fingerprint density at radius 3 is 2.17 bits per heavy atom. The maximum absolute atomic E-state index is 14.3. The normalized spacial score (nSPS) is 22.8. The van der Waals surface area contributed by atoms with E-state index in [-0.39, 0.29) is 11.3 Å². The summed E-state index contributed by atoms with van der Waals surface area (Å²) in [4.78, 5) is 0. The summed E-state index contributed by atoms with van der Waals surface area (Å²) in [5, 5.41) is 0. The minimum Gasteiger partial charge on any atom is -0.494 e. The van der Waals surface area contributed by atoms with E-state index in [1.807, 2.05) is 24.3 Å². The van der Waals surface area contributed by atoms with E-state index in [4.69, 9.17) is 4.74 Å². The van der Waals surface area contributed by atoms with Gasteiger partial charge < -0.3 is 4.74 Å². The number of ether oxygens (including phenoxy) is 1. The lowest BCUT2D eigenvalue weighted by Gasteiger charge is -2.26. The van der Waals surface area contributed by atoms with Gasteiger partial charge in [-0.3, -0.25) is 0 Å². The van der Waals surface area contributed by atoms with Crippen LogP contribution in [0.15, 0.2) is 54.3 Å². The third-order valence-corrected chi connectivity index (χ3v) is 4.90. The van der Waals surface area contributed by atoms with Gasteiger partial charge >= 0.3 is 0 Å². The fourth-order valence-corrected chi connectivity index (χ4v) is 3.25. The van der Waals surface area contributed by atoms with Crippen LogP contribution >= 0.6 is 0 Å². The zero-order chi connectivity index (χ0) is 17.7. The maximum atomic E-state index is 14.3. The molecular weight excluding hydrogens is 306 g/mol. The third kappa shape index (κ3) is 4.14. The van der Waals surface area contributed by atoms with E-state index in [9.17, 15) is 8.78 Å². The summed E-state index contributed by atoms with van der Waals surface area (Å²) in [7, 11) is 1.31. The smallest absolute Gasteiger partial charge is 0.200 e. The monoisotopic (exact) mass is 332 g/mol. The van der Waals surface area contributed by atoms with Gasteiger partial charge in [-0.15, -0.1) is 0 Å². The molecule has 0 unspecified atom stereocenters. The Labute approximate surface area is 143 Å². The lowest BCUT2D eigenvalue weighted by Crippen LogP contribution is -2.10. The van der Waals surface area contributed by atoms with Crippen molar-refractivity contribution in [2.24, 2.45) is 5.92 Å². The van der Waals surface area contributed by atoms with Crippen LogP contribution in [0.4, 0.5) is 8.78 Å². The Morgan fingerprint density at radius 1 is 1.08 bits per heavy atom. The van der Waals surface area contributed by atoms with Crippen LogP contribution in [0.1, 0.15) is 56.6 Å². The molecule has 0 amide bonds. The first-order valence-electron chi connectivity index (χ1n) is 8.53. The Bertz CT molecular complexity index is 632.